The molecule has 0 fully saturated rings. The van der Waals surface area contributed by atoms with Crippen LogP contribution in [0, 0.1) is 6.92 Å². The largest absolute Gasteiger partial charge is 1.00 e. The molecular formula is C7H7LiO4S. The van der Waals surface area contributed by atoms with Crippen LogP contribution in [0.25, 0.3) is 0 Å². The van der Waals surface area contributed by atoms with Crippen molar-refractivity contribution >= 4 is 10.1 Å². The maximum Gasteiger partial charge on any atom is 1.00 e. The molecule has 1 aromatic rings. The average Bonchev–Trinajstić information content (AvgIpc) is 1.92. The number of phenolic OH excluding ortho intramolecular Hbond substituents is 1. The van der Waals surface area contributed by atoms with Gasteiger partial charge >= 0.3 is 18.9 Å². The molecule has 1 aromatic carbocycles. The van der Waals surface area contributed by atoms with E-state index in [-0.39, 0.29) is 18.9 Å². The second-order valence-electron chi connectivity index (χ2n) is 2.38. The number of rotatable bonds is 1. The summed E-state index contributed by atoms with van der Waals surface area (Å²) in [4.78, 5) is -0.567. The summed E-state index contributed by atoms with van der Waals surface area (Å²) in [5.41, 5.74) is 0.368. The van der Waals surface area contributed by atoms with E-state index in [1.54, 1.807) is 0 Å². The van der Waals surface area contributed by atoms with Crippen LogP contribution in [0.5, 0.6) is 5.75 Å². The molecule has 0 saturated heterocycles. The molecule has 0 radical (unpaired) electrons. The Balaban J connectivity index is 0.00000144. The van der Waals surface area contributed by atoms with Crippen LogP contribution in [0.1, 0.15) is 5.56 Å². The molecule has 1 N–H and O–H groups in total. The van der Waals surface area contributed by atoms with Crippen molar-refractivity contribution < 1.29 is 36.9 Å². The topological polar surface area (TPSA) is 77.4 Å². The minimum Gasteiger partial charge on any atom is -0.744 e. The van der Waals surface area contributed by atoms with E-state index in [1.165, 1.54) is 19.1 Å². The number of aromatic hydroxyl groups is 1. The van der Waals surface area contributed by atoms with Crippen molar-refractivity contribution in [3.63, 3.8) is 0 Å². The van der Waals surface area contributed by atoms with Gasteiger partial charge in [0.15, 0.2) is 0 Å². The van der Waals surface area contributed by atoms with E-state index in [0.717, 1.165) is 6.07 Å². The maximum absolute atomic E-state index is 10.5. The van der Waals surface area contributed by atoms with Crippen molar-refractivity contribution in [2.24, 2.45) is 0 Å². The van der Waals surface area contributed by atoms with Crippen LogP contribution in [0.4, 0.5) is 0 Å². The predicted octanol–water partition coefficient (Wildman–Crippen LogP) is -2.39. The van der Waals surface area contributed by atoms with Crippen LogP contribution in [0.15, 0.2) is 23.1 Å². The monoisotopic (exact) mass is 194 g/mol. The van der Waals surface area contributed by atoms with Gasteiger partial charge in [0.2, 0.25) is 0 Å². The summed E-state index contributed by atoms with van der Waals surface area (Å²) in [6.45, 7) is 1.52. The number of phenols is 1. The molecule has 0 spiro atoms. The molecule has 0 aliphatic carbocycles. The first-order valence-electron chi connectivity index (χ1n) is 3.17. The van der Waals surface area contributed by atoms with Crippen LogP contribution in [-0.2, 0) is 10.1 Å². The van der Waals surface area contributed by atoms with Gasteiger partial charge in [0.25, 0.3) is 0 Å². The third kappa shape index (κ3) is 2.74. The Morgan fingerprint density at radius 3 is 2.31 bits per heavy atom. The summed E-state index contributed by atoms with van der Waals surface area (Å²) in [7, 11) is -4.56. The Bertz CT molecular complexity index is 399. The van der Waals surface area contributed by atoms with E-state index in [1.807, 2.05) is 0 Å². The van der Waals surface area contributed by atoms with Crippen molar-refractivity contribution in [1.29, 1.82) is 0 Å². The molecule has 0 atom stereocenters. The number of hydrogen-bond donors (Lipinski definition) is 1. The molecule has 6 heteroatoms. The quantitative estimate of drug-likeness (QED) is 0.399. The number of benzene rings is 1. The van der Waals surface area contributed by atoms with E-state index in [2.05, 4.69) is 0 Å². The summed E-state index contributed by atoms with van der Waals surface area (Å²) in [5, 5.41) is 9.15. The number of aryl methyl sites for hydroxylation is 1. The molecule has 0 aliphatic rings. The molecule has 0 bridgehead atoms. The maximum atomic E-state index is 10.5. The Hall–Kier alpha value is -0.473. The zero-order valence-corrected chi connectivity index (χ0v) is 8.13. The van der Waals surface area contributed by atoms with Gasteiger partial charge in [-0.1, -0.05) is 12.1 Å². The fourth-order valence-electron chi connectivity index (χ4n) is 0.834. The third-order valence-corrected chi connectivity index (χ3v) is 2.34. The van der Waals surface area contributed by atoms with Gasteiger partial charge in [0.1, 0.15) is 15.9 Å². The van der Waals surface area contributed by atoms with Gasteiger partial charge in [-0.3, -0.25) is 0 Å². The van der Waals surface area contributed by atoms with E-state index < -0.39 is 20.8 Å². The summed E-state index contributed by atoms with van der Waals surface area (Å²) in [6.07, 6.45) is 0. The second kappa shape index (κ2) is 4.16. The van der Waals surface area contributed by atoms with Crippen LogP contribution < -0.4 is 18.9 Å². The van der Waals surface area contributed by atoms with E-state index in [4.69, 9.17) is 5.11 Å². The summed E-state index contributed by atoms with van der Waals surface area (Å²) in [5.74, 6) is -0.465. The molecule has 0 heterocycles. The minimum absolute atomic E-state index is 0. The Morgan fingerprint density at radius 2 is 1.92 bits per heavy atom. The zero-order chi connectivity index (χ0) is 9.35. The van der Waals surface area contributed by atoms with Crippen molar-refractivity contribution in [3.05, 3.63) is 23.8 Å². The fraction of sp³-hybridized carbons (Fsp3) is 0.143. The molecule has 13 heavy (non-hydrogen) atoms. The first-order valence-corrected chi connectivity index (χ1v) is 4.58. The van der Waals surface area contributed by atoms with Gasteiger partial charge in [-0.05, 0) is 18.6 Å². The first kappa shape index (κ1) is 12.5. The van der Waals surface area contributed by atoms with Crippen molar-refractivity contribution in [1.82, 2.24) is 0 Å². The zero-order valence-electron chi connectivity index (χ0n) is 7.31. The van der Waals surface area contributed by atoms with Gasteiger partial charge < -0.3 is 9.66 Å². The summed E-state index contributed by atoms with van der Waals surface area (Å²) >= 11 is 0. The molecular weight excluding hydrogens is 187 g/mol. The van der Waals surface area contributed by atoms with Crippen molar-refractivity contribution in [2.45, 2.75) is 11.8 Å². The van der Waals surface area contributed by atoms with Crippen LogP contribution in [0.3, 0.4) is 0 Å². The number of hydrogen-bond acceptors (Lipinski definition) is 4. The van der Waals surface area contributed by atoms with E-state index >= 15 is 0 Å². The average molecular weight is 194 g/mol. The van der Waals surface area contributed by atoms with Gasteiger partial charge in [0.05, 0.1) is 4.90 Å². The van der Waals surface area contributed by atoms with Gasteiger partial charge in [-0.15, -0.1) is 0 Å². The van der Waals surface area contributed by atoms with Crippen LogP contribution >= 0.6 is 0 Å². The SMILES string of the molecule is Cc1cccc(S(=O)(=O)[O-])c1O.[Li+]. The molecule has 66 valence electrons. The predicted molar refractivity (Wildman–Crippen MR) is 40.8 cm³/mol. The van der Waals surface area contributed by atoms with Crippen molar-refractivity contribution in [3.8, 4) is 5.75 Å². The Kier molecular flexibility index (Phi) is 4.01. The minimum atomic E-state index is -4.56. The molecule has 0 unspecified atom stereocenters. The summed E-state index contributed by atoms with van der Waals surface area (Å²) in [6, 6.07) is 3.99. The standard InChI is InChI=1S/C7H8O4S.Li/c1-5-3-2-4-6(7(5)8)12(9,10)11;/h2-4,8H,1H3,(H,9,10,11);/q;+1/p-1. The van der Waals surface area contributed by atoms with Crippen molar-refractivity contribution in [2.75, 3.05) is 0 Å². The molecule has 0 amide bonds. The Morgan fingerprint density at radius 1 is 1.38 bits per heavy atom. The number of para-hydroxylation sites is 1. The fourth-order valence-corrected chi connectivity index (χ4v) is 1.48. The van der Waals surface area contributed by atoms with Gasteiger partial charge in [-0.25, -0.2) is 8.42 Å². The van der Waals surface area contributed by atoms with Gasteiger partial charge in [-0.2, -0.15) is 0 Å². The summed E-state index contributed by atoms with van der Waals surface area (Å²) < 4.78 is 31.5. The molecule has 1 rings (SSSR count). The molecule has 0 aromatic heterocycles. The van der Waals surface area contributed by atoms with E-state index in [0.29, 0.717) is 5.56 Å². The smallest absolute Gasteiger partial charge is 0.744 e. The normalized spacial score (nSPS) is 10.6. The molecule has 4 nitrogen and oxygen atoms in total. The molecule has 0 saturated carbocycles. The third-order valence-electron chi connectivity index (χ3n) is 1.47. The van der Waals surface area contributed by atoms with Crippen LogP contribution in [-0.4, -0.2) is 18.1 Å². The second-order valence-corrected chi connectivity index (χ2v) is 3.72. The van der Waals surface area contributed by atoms with E-state index in [9.17, 15) is 13.0 Å². The Labute approximate surface area is 88.5 Å². The van der Waals surface area contributed by atoms with Crippen LogP contribution in [0.2, 0.25) is 0 Å². The first-order chi connectivity index (χ1) is 5.43. The molecule has 0 aliphatic heterocycles. The van der Waals surface area contributed by atoms with Gasteiger partial charge in [0, 0.05) is 0 Å².